The molecular weight excluding hydrogens is 485 g/mol. The minimum atomic E-state index is -4.64. The third-order valence-electron chi connectivity index (χ3n) is 6.49. The smallest absolute Gasteiger partial charge is 0.380 e. The van der Waals surface area contributed by atoms with Gasteiger partial charge < -0.3 is 25.5 Å². The molecule has 11 heteroatoms. The molecule has 2 heterocycles. The number of benzene rings is 2. The lowest BCUT2D eigenvalue weighted by Gasteiger charge is -2.40. The van der Waals surface area contributed by atoms with Gasteiger partial charge in [-0.15, -0.1) is 0 Å². The molecule has 0 aliphatic carbocycles. The standard InChI is InChI=1S/C24H26ClF3N4O3/c25-16-3-5-17(6-4-16)29-22(34)30-20-2-1-13-32(21(20)33)19-9-7-18(8-10-19)31-14-11-23(35,12-15-31)24(26,27)28/h3-10,20,35H,1-2,11-15H2,(H2,29,30,34)/t20-/m0/s1. The highest BCUT2D eigenvalue weighted by Gasteiger charge is 2.54. The van der Waals surface area contributed by atoms with Crippen molar-refractivity contribution in [2.75, 3.05) is 34.8 Å². The molecule has 0 bridgehead atoms. The van der Waals surface area contributed by atoms with Gasteiger partial charge in [0.15, 0.2) is 5.60 Å². The Kier molecular flexibility index (Phi) is 7.14. The molecule has 7 nitrogen and oxygen atoms in total. The van der Waals surface area contributed by atoms with E-state index in [2.05, 4.69) is 10.6 Å². The largest absolute Gasteiger partial charge is 0.417 e. The normalized spacial score (nSPS) is 20.5. The Labute approximate surface area is 205 Å². The third kappa shape index (κ3) is 5.65. The van der Waals surface area contributed by atoms with Gasteiger partial charge in [0.2, 0.25) is 5.91 Å². The van der Waals surface area contributed by atoms with Crippen molar-refractivity contribution >= 4 is 40.6 Å². The van der Waals surface area contributed by atoms with E-state index in [0.717, 1.165) is 5.69 Å². The molecule has 0 unspecified atom stereocenters. The monoisotopic (exact) mass is 510 g/mol. The van der Waals surface area contributed by atoms with Crippen LogP contribution in [-0.4, -0.2) is 54.5 Å². The van der Waals surface area contributed by atoms with Crippen molar-refractivity contribution in [3.63, 3.8) is 0 Å². The number of nitrogens with zero attached hydrogens (tertiary/aromatic N) is 2. The van der Waals surface area contributed by atoms with Crippen LogP contribution in [0.2, 0.25) is 5.02 Å². The van der Waals surface area contributed by atoms with Crippen LogP contribution in [-0.2, 0) is 4.79 Å². The first-order chi connectivity index (χ1) is 16.6. The lowest BCUT2D eigenvalue weighted by atomic mass is 9.90. The van der Waals surface area contributed by atoms with Gasteiger partial charge in [0.1, 0.15) is 6.04 Å². The number of rotatable bonds is 4. The maximum absolute atomic E-state index is 13.0. The van der Waals surface area contributed by atoms with Crippen LogP contribution in [0.5, 0.6) is 0 Å². The molecule has 2 aliphatic heterocycles. The highest BCUT2D eigenvalue weighted by molar-refractivity contribution is 6.30. The summed E-state index contributed by atoms with van der Waals surface area (Å²) in [4.78, 5) is 28.8. The average Bonchev–Trinajstić information content (AvgIpc) is 2.82. The zero-order valence-electron chi connectivity index (χ0n) is 18.8. The summed E-state index contributed by atoms with van der Waals surface area (Å²) in [7, 11) is 0. The van der Waals surface area contributed by atoms with E-state index in [1.165, 1.54) is 0 Å². The number of hydrogen-bond donors (Lipinski definition) is 3. The number of carbonyl (C=O) groups is 2. The SMILES string of the molecule is O=C(Nc1ccc(Cl)cc1)N[C@H]1CCCN(c2ccc(N3CCC(O)(C(F)(F)F)CC3)cc2)C1=O. The number of nitrogens with one attached hydrogen (secondary N) is 2. The molecule has 0 saturated carbocycles. The van der Waals surface area contributed by atoms with E-state index >= 15 is 0 Å². The zero-order valence-corrected chi connectivity index (χ0v) is 19.6. The number of amides is 3. The highest BCUT2D eigenvalue weighted by atomic mass is 35.5. The topological polar surface area (TPSA) is 84.9 Å². The van der Waals surface area contributed by atoms with E-state index in [-0.39, 0.29) is 19.0 Å². The Morgan fingerprint density at radius 3 is 2.20 bits per heavy atom. The van der Waals surface area contributed by atoms with Crippen molar-refractivity contribution in [1.82, 2.24) is 5.32 Å². The van der Waals surface area contributed by atoms with E-state index in [4.69, 9.17) is 11.6 Å². The fourth-order valence-electron chi connectivity index (χ4n) is 4.39. The Hall–Kier alpha value is -2.98. The second-order valence-corrected chi connectivity index (χ2v) is 9.26. The number of carbonyl (C=O) groups excluding carboxylic acids is 2. The molecule has 1 atom stereocenters. The van der Waals surface area contributed by atoms with Crippen molar-refractivity contribution < 1.29 is 27.9 Å². The summed E-state index contributed by atoms with van der Waals surface area (Å²) in [6.45, 7) is 0.650. The van der Waals surface area contributed by atoms with Crippen molar-refractivity contribution in [3.8, 4) is 0 Å². The minimum Gasteiger partial charge on any atom is -0.380 e. The van der Waals surface area contributed by atoms with Gasteiger partial charge in [0.25, 0.3) is 0 Å². The number of alkyl halides is 3. The summed E-state index contributed by atoms with van der Waals surface area (Å²) in [5.41, 5.74) is -0.730. The Bertz CT molecular complexity index is 1060. The first-order valence-electron chi connectivity index (χ1n) is 11.3. The maximum Gasteiger partial charge on any atom is 0.417 e. The van der Waals surface area contributed by atoms with E-state index in [1.54, 1.807) is 58.3 Å². The number of hydrogen-bond acceptors (Lipinski definition) is 4. The van der Waals surface area contributed by atoms with Gasteiger partial charge in [-0.2, -0.15) is 13.2 Å². The predicted octanol–water partition coefficient (Wildman–Crippen LogP) is 4.55. The Morgan fingerprint density at radius 1 is 1.00 bits per heavy atom. The lowest BCUT2D eigenvalue weighted by molar-refractivity contribution is -0.266. The summed E-state index contributed by atoms with van der Waals surface area (Å²) < 4.78 is 39.1. The van der Waals surface area contributed by atoms with E-state index < -0.39 is 36.7 Å². The van der Waals surface area contributed by atoms with Crippen LogP contribution in [0.1, 0.15) is 25.7 Å². The molecule has 2 fully saturated rings. The minimum absolute atomic E-state index is 0.0761. The molecule has 35 heavy (non-hydrogen) atoms. The molecule has 3 N–H and O–H groups in total. The zero-order chi connectivity index (χ0) is 25.2. The van der Waals surface area contributed by atoms with E-state index in [0.29, 0.717) is 35.8 Å². The summed E-state index contributed by atoms with van der Waals surface area (Å²) in [5, 5.41) is 15.8. The molecule has 0 spiro atoms. The van der Waals surface area contributed by atoms with Gasteiger partial charge in [-0.1, -0.05) is 11.6 Å². The number of piperidine rings is 2. The molecule has 2 aromatic carbocycles. The molecule has 188 valence electrons. The molecule has 3 amide bonds. The van der Waals surface area contributed by atoms with Crippen molar-refractivity contribution in [2.24, 2.45) is 0 Å². The third-order valence-corrected chi connectivity index (χ3v) is 6.74. The molecule has 0 radical (unpaired) electrons. The summed E-state index contributed by atoms with van der Waals surface area (Å²) >= 11 is 5.85. The van der Waals surface area contributed by atoms with Crippen LogP contribution in [0.3, 0.4) is 0 Å². The lowest BCUT2D eigenvalue weighted by Crippen LogP contribution is -2.53. The predicted molar refractivity (Wildman–Crippen MR) is 128 cm³/mol. The second-order valence-electron chi connectivity index (χ2n) is 8.82. The van der Waals surface area contributed by atoms with Crippen LogP contribution in [0.4, 0.5) is 35.0 Å². The number of anilines is 3. The van der Waals surface area contributed by atoms with Gasteiger partial charge in [0.05, 0.1) is 0 Å². The van der Waals surface area contributed by atoms with Gasteiger partial charge in [0, 0.05) is 54.6 Å². The van der Waals surface area contributed by atoms with Crippen LogP contribution < -0.4 is 20.4 Å². The highest BCUT2D eigenvalue weighted by Crippen LogP contribution is 2.39. The van der Waals surface area contributed by atoms with Crippen LogP contribution in [0.15, 0.2) is 48.5 Å². The molecule has 0 aromatic heterocycles. The Morgan fingerprint density at radius 2 is 1.60 bits per heavy atom. The second kappa shape index (κ2) is 9.94. The molecular formula is C24H26ClF3N4O3. The quantitative estimate of drug-likeness (QED) is 0.563. The summed E-state index contributed by atoms with van der Waals surface area (Å²) in [5.74, 6) is -0.233. The van der Waals surface area contributed by atoms with Gasteiger partial charge in [-0.05, 0) is 61.4 Å². The average molecular weight is 511 g/mol. The number of urea groups is 1. The summed E-state index contributed by atoms with van der Waals surface area (Å²) in [6, 6.07) is 12.4. The van der Waals surface area contributed by atoms with Crippen molar-refractivity contribution in [1.29, 1.82) is 0 Å². The molecule has 2 saturated heterocycles. The fraction of sp³-hybridized carbons (Fsp3) is 0.417. The molecule has 2 aromatic rings. The van der Waals surface area contributed by atoms with Gasteiger partial charge in [-0.3, -0.25) is 4.79 Å². The summed E-state index contributed by atoms with van der Waals surface area (Å²) in [6.07, 6.45) is -4.23. The van der Waals surface area contributed by atoms with Crippen LogP contribution in [0.25, 0.3) is 0 Å². The van der Waals surface area contributed by atoms with Gasteiger partial charge in [-0.25, -0.2) is 4.79 Å². The fourth-order valence-corrected chi connectivity index (χ4v) is 4.51. The van der Waals surface area contributed by atoms with E-state index in [1.807, 2.05) is 0 Å². The van der Waals surface area contributed by atoms with Crippen LogP contribution in [0, 0.1) is 0 Å². The molecule has 4 rings (SSSR count). The van der Waals surface area contributed by atoms with Gasteiger partial charge >= 0.3 is 12.2 Å². The van der Waals surface area contributed by atoms with Crippen molar-refractivity contribution in [2.45, 2.75) is 43.5 Å². The van der Waals surface area contributed by atoms with Crippen molar-refractivity contribution in [3.05, 3.63) is 53.6 Å². The van der Waals surface area contributed by atoms with E-state index in [9.17, 15) is 27.9 Å². The number of halogens is 4. The Balaban J connectivity index is 1.35. The first kappa shape index (κ1) is 25.1. The maximum atomic E-state index is 13.0. The molecule has 2 aliphatic rings. The van der Waals surface area contributed by atoms with Crippen LogP contribution >= 0.6 is 11.6 Å². The number of aliphatic hydroxyl groups is 1. The first-order valence-corrected chi connectivity index (χ1v) is 11.7.